The second-order valence-electron chi connectivity index (χ2n) is 7.23. The summed E-state index contributed by atoms with van der Waals surface area (Å²) in [4.78, 5) is 23.3. The lowest BCUT2D eigenvalue weighted by Crippen LogP contribution is -2.23. The minimum atomic E-state index is -0.469. The molecule has 7 nitrogen and oxygen atoms in total. The third-order valence-electron chi connectivity index (χ3n) is 4.54. The fraction of sp³-hybridized carbons (Fsp3) is 0.565. The predicted octanol–water partition coefficient (Wildman–Crippen LogP) is 3.81. The molecule has 168 valence electrons. The zero-order valence-electron chi connectivity index (χ0n) is 18.5. The first-order chi connectivity index (χ1) is 14.3. The van der Waals surface area contributed by atoms with Crippen molar-refractivity contribution in [3.05, 3.63) is 42.5 Å². The van der Waals surface area contributed by atoms with Gasteiger partial charge in [-0.05, 0) is 37.6 Å². The lowest BCUT2D eigenvalue weighted by molar-refractivity contribution is -0.146. The SMILES string of the molecule is C=CC(=O)OCCOCCOC(C)OCCOc1ccc(C(=O)C(C)(C)CC)cc1. The zero-order chi connectivity index (χ0) is 22.4. The Balaban J connectivity index is 2.13. The lowest BCUT2D eigenvalue weighted by atomic mass is 9.82. The Morgan fingerprint density at radius 2 is 1.60 bits per heavy atom. The molecule has 0 fully saturated rings. The number of ether oxygens (including phenoxy) is 5. The molecule has 0 saturated heterocycles. The third kappa shape index (κ3) is 10.0. The van der Waals surface area contributed by atoms with Crippen LogP contribution in [-0.4, -0.2) is 57.7 Å². The molecule has 1 rings (SSSR count). The fourth-order valence-electron chi connectivity index (χ4n) is 2.31. The van der Waals surface area contributed by atoms with E-state index in [4.69, 9.17) is 23.7 Å². The summed E-state index contributed by atoms with van der Waals surface area (Å²) < 4.78 is 26.7. The van der Waals surface area contributed by atoms with Gasteiger partial charge in [0.05, 0.1) is 26.4 Å². The van der Waals surface area contributed by atoms with Crippen LogP contribution in [0.4, 0.5) is 0 Å². The van der Waals surface area contributed by atoms with Crippen molar-refractivity contribution in [1.29, 1.82) is 0 Å². The molecular formula is C23H34O7. The first-order valence-corrected chi connectivity index (χ1v) is 10.2. The van der Waals surface area contributed by atoms with Crippen LogP contribution in [0.25, 0.3) is 0 Å². The molecule has 0 aliphatic carbocycles. The normalized spacial score (nSPS) is 12.3. The van der Waals surface area contributed by atoms with Gasteiger partial charge < -0.3 is 23.7 Å². The van der Waals surface area contributed by atoms with E-state index in [9.17, 15) is 9.59 Å². The molecule has 0 radical (unpaired) electrons. The summed E-state index contributed by atoms with van der Waals surface area (Å²) in [5.41, 5.74) is 0.323. The predicted molar refractivity (Wildman–Crippen MR) is 114 cm³/mol. The molecule has 1 aromatic carbocycles. The van der Waals surface area contributed by atoms with Gasteiger partial charge in [0.2, 0.25) is 0 Å². The molecule has 1 atom stereocenters. The van der Waals surface area contributed by atoms with Gasteiger partial charge in [-0.15, -0.1) is 0 Å². The second-order valence-corrected chi connectivity index (χ2v) is 7.23. The average molecular weight is 423 g/mol. The Bertz CT molecular complexity index is 652. The first-order valence-electron chi connectivity index (χ1n) is 10.2. The second kappa shape index (κ2) is 13.9. The summed E-state index contributed by atoms with van der Waals surface area (Å²) in [5.74, 6) is 0.347. The molecule has 0 aliphatic heterocycles. The molecule has 7 heteroatoms. The first kappa shape index (κ1) is 25.8. The fourth-order valence-corrected chi connectivity index (χ4v) is 2.31. The van der Waals surface area contributed by atoms with E-state index in [1.807, 2.05) is 20.8 Å². The van der Waals surface area contributed by atoms with E-state index in [1.54, 1.807) is 31.2 Å². The molecule has 0 bridgehead atoms. The van der Waals surface area contributed by atoms with Crippen LogP contribution in [0, 0.1) is 5.41 Å². The number of ketones is 1. The summed E-state index contributed by atoms with van der Waals surface area (Å²) in [6.07, 6.45) is 1.50. The van der Waals surface area contributed by atoms with Gasteiger partial charge in [0.1, 0.15) is 19.0 Å². The Morgan fingerprint density at radius 3 is 2.20 bits per heavy atom. The minimum absolute atomic E-state index is 0.132. The number of Topliss-reactive ketones (excluding diaryl/α,β-unsaturated/α-hetero) is 1. The van der Waals surface area contributed by atoms with Crippen molar-refractivity contribution in [3.63, 3.8) is 0 Å². The molecule has 0 aliphatic rings. The van der Waals surface area contributed by atoms with E-state index in [0.29, 0.717) is 44.3 Å². The average Bonchev–Trinajstić information content (AvgIpc) is 2.75. The quantitative estimate of drug-likeness (QED) is 0.132. The number of benzene rings is 1. The molecule has 0 heterocycles. The van der Waals surface area contributed by atoms with Crippen molar-refractivity contribution >= 4 is 11.8 Å². The molecule has 0 amide bonds. The Labute approximate surface area is 179 Å². The Kier molecular flexibility index (Phi) is 12.0. The van der Waals surface area contributed by atoms with Gasteiger partial charge in [-0.25, -0.2) is 4.79 Å². The number of carbonyl (C=O) groups is 2. The van der Waals surface area contributed by atoms with Crippen LogP contribution in [0.15, 0.2) is 36.9 Å². The van der Waals surface area contributed by atoms with Crippen molar-refractivity contribution in [3.8, 4) is 5.75 Å². The highest BCUT2D eigenvalue weighted by molar-refractivity contribution is 6.00. The monoisotopic (exact) mass is 422 g/mol. The minimum Gasteiger partial charge on any atom is -0.491 e. The molecule has 0 aromatic heterocycles. The highest BCUT2D eigenvalue weighted by Crippen LogP contribution is 2.26. The molecule has 1 aromatic rings. The van der Waals surface area contributed by atoms with Crippen LogP contribution in [0.3, 0.4) is 0 Å². The van der Waals surface area contributed by atoms with Gasteiger partial charge in [0.25, 0.3) is 0 Å². The number of carbonyl (C=O) groups excluding carboxylic acids is 2. The largest absolute Gasteiger partial charge is 0.491 e. The van der Waals surface area contributed by atoms with E-state index in [1.165, 1.54) is 0 Å². The summed E-state index contributed by atoms with van der Waals surface area (Å²) in [7, 11) is 0. The molecule has 0 N–H and O–H groups in total. The standard InChI is InChI=1S/C23H34O7/c1-6-21(24)30-15-13-26-12-14-27-18(3)28-16-17-29-20-10-8-19(9-11-20)22(25)23(4,5)7-2/h6,8-11,18H,1,7,12-17H2,2-5H3. The summed E-state index contributed by atoms with van der Waals surface area (Å²) in [6.45, 7) is 13.0. The van der Waals surface area contributed by atoms with Crippen LogP contribution in [0.2, 0.25) is 0 Å². The third-order valence-corrected chi connectivity index (χ3v) is 4.54. The van der Waals surface area contributed by atoms with Crippen molar-refractivity contribution in [2.24, 2.45) is 5.41 Å². The molecule has 0 saturated carbocycles. The maximum Gasteiger partial charge on any atom is 0.330 e. The van der Waals surface area contributed by atoms with E-state index < -0.39 is 12.3 Å². The Morgan fingerprint density at radius 1 is 1.00 bits per heavy atom. The van der Waals surface area contributed by atoms with Crippen LogP contribution in [-0.2, 0) is 23.7 Å². The van der Waals surface area contributed by atoms with E-state index >= 15 is 0 Å². The maximum absolute atomic E-state index is 12.4. The van der Waals surface area contributed by atoms with E-state index in [0.717, 1.165) is 12.5 Å². The van der Waals surface area contributed by atoms with Crippen LogP contribution in [0.1, 0.15) is 44.5 Å². The number of esters is 1. The number of hydrogen-bond donors (Lipinski definition) is 0. The van der Waals surface area contributed by atoms with Crippen LogP contribution in [0.5, 0.6) is 5.75 Å². The lowest BCUT2D eigenvalue weighted by Gasteiger charge is -2.20. The molecule has 1 unspecified atom stereocenters. The highest BCUT2D eigenvalue weighted by Gasteiger charge is 2.26. The van der Waals surface area contributed by atoms with Gasteiger partial charge in [0, 0.05) is 17.1 Å². The molecule has 30 heavy (non-hydrogen) atoms. The summed E-state index contributed by atoms with van der Waals surface area (Å²) in [5, 5.41) is 0. The molecule has 0 spiro atoms. The van der Waals surface area contributed by atoms with Gasteiger partial charge in [-0.3, -0.25) is 4.79 Å². The topological polar surface area (TPSA) is 80.3 Å². The number of hydrogen-bond acceptors (Lipinski definition) is 7. The van der Waals surface area contributed by atoms with Crippen molar-refractivity contribution < 1.29 is 33.3 Å². The zero-order valence-corrected chi connectivity index (χ0v) is 18.5. The van der Waals surface area contributed by atoms with Crippen LogP contribution >= 0.6 is 0 Å². The summed E-state index contributed by atoms with van der Waals surface area (Å²) in [6, 6.07) is 7.17. The van der Waals surface area contributed by atoms with Gasteiger partial charge >= 0.3 is 5.97 Å². The highest BCUT2D eigenvalue weighted by atomic mass is 16.7. The number of rotatable bonds is 16. The maximum atomic E-state index is 12.4. The van der Waals surface area contributed by atoms with Gasteiger partial charge in [-0.2, -0.15) is 0 Å². The summed E-state index contributed by atoms with van der Waals surface area (Å²) >= 11 is 0. The Hall–Kier alpha value is -2.22. The van der Waals surface area contributed by atoms with E-state index in [-0.39, 0.29) is 17.8 Å². The van der Waals surface area contributed by atoms with Crippen molar-refractivity contribution in [2.45, 2.75) is 40.4 Å². The van der Waals surface area contributed by atoms with Crippen molar-refractivity contribution in [1.82, 2.24) is 0 Å². The van der Waals surface area contributed by atoms with E-state index in [2.05, 4.69) is 6.58 Å². The smallest absolute Gasteiger partial charge is 0.330 e. The van der Waals surface area contributed by atoms with Gasteiger partial charge in [0.15, 0.2) is 12.1 Å². The molecular weight excluding hydrogens is 388 g/mol. The van der Waals surface area contributed by atoms with Gasteiger partial charge in [-0.1, -0.05) is 27.4 Å². The van der Waals surface area contributed by atoms with Crippen molar-refractivity contribution in [2.75, 3.05) is 39.6 Å². The van der Waals surface area contributed by atoms with Crippen LogP contribution < -0.4 is 4.74 Å².